The van der Waals surface area contributed by atoms with E-state index in [0.29, 0.717) is 5.56 Å². The Morgan fingerprint density at radius 1 is 1.17 bits per heavy atom. The number of thiophene rings is 1. The maximum atomic E-state index is 8.82. The predicted octanol–water partition coefficient (Wildman–Crippen LogP) is 3.89. The average Bonchev–Trinajstić information content (AvgIpc) is 3.02. The Morgan fingerprint density at radius 2 is 2.00 bits per heavy atom. The molecule has 4 rings (SSSR count). The second kappa shape index (κ2) is 6.38. The van der Waals surface area contributed by atoms with E-state index in [1.54, 1.807) is 36.0 Å². The zero-order valence-corrected chi connectivity index (χ0v) is 13.8. The molecule has 6 heteroatoms. The highest BCUT2D eigenvalue weighted by atomic mass is 32.1. The van der Waals surface area contributed by atoms with Crippen LogP contribution in [0.4, 0.5) is 5.82 Å². The van der Waals surface area contributed by atoms with Gasteiger partial charge in [-0.1, -0.05) is 12.1 Å². The smallest absolute Gasteiger partial charge is 0.158 e. The summed E-state index contributed by atoms with van der Waals surface area (Å²) in [6.07, 6.45) is 8.04. The number of aromatic nitrogens is 2. The highest BCUT2D eigenvalue weighted by molar-refractivity contribution is 7.19. The summed E-state index contributed by atoms with van der Waals surface area (Å²) in [5, 5.41) is 14.2. The fraction of sp³-hybridized carbons (Fsp3) is 0.222. The molecule has 118 valence electrons. The molecule has 0 saturated carbocycles. The van der Waals surface area contributed by atoms with Crippen molar-refractivity contribution < 1.29 is 0 Å². The van der Waals surface area contributed by atoms with E-state index in [1.165, 1.54) is 23.3 Å². The summed E-state index contributed by atoms with van der Waals surface area (Å²) >= 11 is 1.77. The van der Waals surface area contributed by atoms with E-state index >= 15 is 0 Å². The van der Waals surface area contributed by atoms with Gasteiger partial charge >= 0.3 is 0 Å². The van der Waals surface area contributed by atoms with Crippen molar-refractivity contribution in [1.82, 2.24) is 9.97 Å². The van der Waals surface area contributed by atoms with Crippen molar-refractivity contribution in [3.8, 4) is 6.07 Å². The predicted molar refractivity (Wildman–Crippen MR) is 96.4 cm³/mol. The molecular formula is C18H15N5S. The van der Waals surface area contributed by atoms with E-state index in [4.69, 9.17) is 5.26 Å². The summed E-state index contributed by atoms with van der Waals surface area (Å²) in [5.74, 6) is 0.768. The molecule has 0 saturated heterocycles. The average molecular weight is 333 g/mol. The number of anilines is 1. The van der Waals surface area contributed by atoms with Gasteiger partial charge in [0.2, 0.25) is 0 Å². The summed E-state index contributed by atoms with van der Waals surface area (Å²) in [7, 11) is 0. The highest BCUT2D eigenvalue weighted by Gasteiger charge is 2.19. The molecular weight excluding hydrogens is 318 g/mol. The standard InChI is InChI=1S/C18H15N5S/c19-9-12-5-7-13(8-6-12)10-22-23-17-16-14-3-1-2-4-15(14)24-18(16)21-11-20-17/h5-8,10-11H,1-4H2,(H,20,21,23)/b22-10+. The van der Waals surface area contributed by atoms with Crippen molar-refractivity contribution in [3.63, 3.8) is 0 Å². The zero-order chi connectivity index (χ0) is 16.4. The number of hydrogen-bond donors (Lipinski definition) is 1. The summed E-state index contributed by atoms with van der Waals surface area (Å²) in [4.78, 5) is 11.3. The van der Waals surface area contributed by atoms with Crippen molar-refractivity contribution in [2.24, 2.45) is 5.10 Å². The molecule has 3 aromatic rings. The van der Waals surface area contributed by atoms with E-state index in [2.05, 4.69) is 26.6 Å². The van der Waals surface area contributed by atoms with Crippen LogP contribution in [0.2, 0.25) is 0 Å². The SMILES string of the molecule is N#Cc1ccc(/C=N/Nc2ncnc3sc4c(c23)CCCC4)cc1. The first kappa shape index (κ1) is 14.8. The van der Waals surface area contributed by atoms with Crippen molar-refractivity contribution in [2.75, 3.05) is 5.43 Å². The Hall–Kier alpha value is -2.78. The summed E-state index contributed by atoms with van der Waals surface area (Å²) < 4.78 is 0. The van der Waals surface area contributed by atoms with Crippen LogP contribution in [0.25, 0.3) is 10.2 Å². The third kappa shape index (κ3) is 2.74. The molecule has 0 radical (unpaired) electrons. The van der Waals surface area contributed by atoms with Gasteiger partial charge in [0.15, 0.2) is 5.82 Å². The van der Waals surface area contributed by atoms with Gasteiger partial charge in [0.05, 0.1) is 23.2 Å². The molecule has 0 amide bonds. The van der Waals surface area contributed by atoms with Gasteiger partial charge in [0.1, 0.15) is 11.2 Å². The maximum absolute atomic E-state index is 8.82. The summed E-state index contributed by atoms with van der Waals surface area (Å²) in [6.45, 7) is 0. The van der Waals surface area contributed by atoms with Crippen molar-refractivity contribution in [3.05, 3.63) is 52.2 Å². The second-order valence-corrected chi connectivity index (χ2v) is 6.80. The topological polar surface area (TPSA) is 74.0 Å². The summed E-state index contributed by atoms with van der Waals surface area (Å²) in [5.41, 5.74) is 6.02. The molecule has 0 aliphatic heterocycles. The number of nitrogens with zero attached hydrogens (tertiary/aromatic N) is 4. The van der Waals surface area contributed by atoms with Gasteiger partial charge in [-0.25, -0.2) is 9.97 Å². The first-order valence-corrected chi connectivity index (χ1v) is 8.71. The largest absolute Gasteiger partial charge is 0.261 e. The van der Waals surface area contributed by atoms with Gasteiger partial charge in [-0.2, -0.15) is 10.4 Å². The number of nitrogens with one attached hydrogen (secondary N) is 1. The van der Waals surface area contributed by atoms with Crippen LogP contribution in [0.5, 0.6) is 0 Å². The Balaban J connectivity index is 1.61. The fourth-order valence-electron chi connectivity index (χ4n) is 2.99. The van der Waals surface area contributed by atoms with Crippen LogP contribution in [0.1, 0.15) is 34.4 Å². The molecule has 1 aliphatic carbocycles. The lowest BCUT2D eigenvalue weighted by Gasteiger charge is -2.11. The van der Waals surface area contributed by atoms with Gasteiger partial charge in [-0.15, -0.1) is 11.3 Å². The number of hydrazone groups is 1. The normalized spacial score (nSPS) is 13.8. The lowest BCUT2D eigenvalue weighted by Crippen LogP contribution is -2.00. The lowest BCUT2D eigenvalue weighted by molar-refractivity contribution is 0.700. The molecule has 0 spiro atoms. The molecule has 0 atom stereocenters. The summed E-state index contributed by atoms with van der Waals surface area (Å²) in [6, 6.07) is 9.39. The molecule has 2 aromatic heterocycles. The third-order valence-corrected chi connectivity index (χ3v) is 5.38. The Bertz CT molecular complexity index is 950. The zero-order valence-electron chi connectivity index (χ0n) is 13.0. The first-order valence-electron chi connectivity index (χ1n) is 7.89. The third-order valence-electron chi connectivity index (χ3n) is 4.18. The molecule has 1 aromatic carbocycles. The van der Waals surface area contributed by atoms with Crippen molar-refractivity contribution in [1.29, 1.82) is 5.26 Å². The van der Waals surface area contributed by atoms with Crippen molar-refractivity contribution >= 4 is 33.6 Å². The van der Waals surface area contributed by atoms with Crippen LogP contribution < -0.4 is 5.43 Å². The first-order chi connectivity index (χ1) is 11.8. The minimum absolute atomic E-state index is 0.641. The molecule has 0 fully saturated rings. The van der Waals surface area contributed by atoms with Crippen molar-refractivity contribution in [2.45, 2.75) is 25.7 Å². The second-order valence-electron chi connectivity index (χ2n) is 5.72. The van der Waals surface area contributed by atoms with Gasteiger partial charge in [-0.3, -0.25) is 5.43 Å². The fourth-order valence-corrected chi connectivity index (χ4v) is 4.22. The van der Waals surface area contributed by atoms with E-state index in [0.717, 1.165) is 34.4 Å². The Labute approximate surface area is 143 Å². The lowest BCUT2D eigenvalue weighted by atomic mass is 9.97. The van der Waals surface area contributed by atoms with Crippen LogP contribution in [0, 0.1) is 11.3 Å². The van der Waals surface area contributed by atoms with Crippen LogP contribution >= 0.6 is 11.3 Å². The van der Waals surface area contributed by atoms with Crippen LogP contribution in [-0.2, 0) is 12.8 Å². The number of hydrogen-bond acceptors (Lipinski definition) is 6. The van der Waals surface area contributed by atoms with Gasteiger partial charge in [0.25, 0.3) is 0 Å². The minimum atomic E-state index is 0.641. The number of benzene rings is 1. The molecule has 0 unspecified atom stereocenters. The highest BCUT2D eigenvalue weighted by Crippen LogP contribution is 2.38. The molecule has 0 bridgehead atoms. The number of rotatable bonds is 3. The Kier molecular flexibility index (Phi) is 3.93. The van der Waals surface area contributed by atoms with Crippen LogP contribution in [0.3, 0.4) is 0 Å². The maximum Gasteiger partial charge on any atom is 0.158 e. The number of nitriles is 1. The molecule has 5 nitrogen and oxygen atoms in total. The number of fused-ring (bicyclic) bond motifs is 3. The molecule has 2 heterocycles. The Morgan fingerprint density at radius 3 is 2.83 bits per heavy atom. The minimum Gasteiger partial charge on any atom is -0.261 e. The van der Waals surface area contributed by atoms with Gasteiger partial charge in [-0.05, 0) is 48.9 Å². The molecule has 24 heavy (non-hydrogen) atoms. The van der Waals surface area contributed by atoms with E-state index < -0.39 is 0 Å². The molecule has 1 aliphatic rings. The van der Waals surface area contributed by atoms with Gasteiger partial charge in [0, 0.05) is 4.88 Å². The van der Waals surface area contributed by atoms with E-state index in [1.807, 2.05) is 12.1 Å². The van der Waals surface area contributed by atoms with Crippen LogP contribution in [0.15, 0.2) is 35.7 Å². The van der Waals surface area contributed by atoms with E-state index in [9.17, 15) is 0 Å². The van der Waals surface area contributed by atoms with Crippen LogP contribution in [-0.4, -0.2) is 16.2 Å². The van der Waals surface area contributed by atoms with E-state index in [-0.39, 0.29) is 0 Å². The monoisotopic (exact) mass is 333 g/mol. The molecule has 1 N–H and O–H groups in total. The van der Waals surface area contributed by atoms with Gasteiger partial charge < -0.3 is 0 Å². The quantitative estimate of drug-likeness (QED) is 0.583. The number of aryl methyl sites for hydroxylation is 2.